The first-order chi connectivity index (χ1) is 7.36. The van der Waals surface area contributed by atoms with E-state index < -0.39 is 0 Å². The molecule has 1 heterocycles. The summed E-state index contributed by atoms with van der Waals surface area (Å²) in [5, 5.41) is 3.10. The molecule has 0 spiro atoms. The standard InChI is InChI=1S/C10H17N3O2/c1-3-15-8-4-6-11-10-12-7-5-9(13-10)14-2/h5,7H,3-4,6,8H2,1-2H3,(H,11,12,13). The molecule has 0 saturated heterocycles. The van der Waals surface area contributed by atoms with Gasteiger partial charge in [-0.1, -0.05) is 0 Å². The van der Waals surface area contributed by atoms with Crippen LogP contribution in [0.2, 0.25) is 0 Å². The van der Waals surface area contributed by atoms with Gasteiger partial charge in [-0.3, -0.25) is 0 Å². The molecule has 0 fully saturated rings. The molecular formula is C10H17N3O2. The average molecular weight is 211 g/mol. The van der Waals surface area contributed by atoms with E-state index >= 15 is 0 Å². The Balaban J connectivity index is 2.24. The van der Waals surface area contributed by atoms with Crippen molar-refractivity contribution >= 4 is 5.95 Å². The van der Waals surface area contributed by atoms with Gasteiger partial charge in [0, 0.05) is 32.0 Å². The molecule has 1 aromatic heterocycles. The Morgan fingerprint density at radius 1 is 1.47 bits per heavy atom. The molecule has 0 aliphatic rings. The second kappa shape index (κ2) is 7.00. The van der Waals surface area contributed by atoms with Gasteiger partial charge in [-0.15, -0.1) is 0 Å². The quantitative estimate of drug-likeness (QED) is 0.689. The van der Waals surface area contributed by atoms with E-state index in [1.165, 1.54) is 0 Å². The fourth-order valence-corrected chi connectivity index (χ4v) is 1.06. The van der Waals surface area contributed by atoms with Crippen LogP contribution in [0.25, 0.3) is 0 Å². The lowest BCUT2D eigenvalue weighted by Gasteiger charge is -2.05. The lowest BCUT2D eigenvalue weighted by Crippen LogP contribution is -2.08. The molecule has 0 atom stereocenters. The van der Waals surface area contributed by atoms with Crippen molar-refractivity contribution < 1.29 is 9.47 Å². The van der Waals surface area contributed by atoms with Crippen molar-refractivity contribution in [2.24, 2.45) is 0 Å². The van der Waals surface area contributed by atoms with Gasteiger partial charge >= 0.3 is 0 Å². The molecule has 0 amide bonds. The summed E-state index contributed by atoms with van der Waals surface area (Å²) in [6.07, 6.45) is 2.60. The third-order valence-corrected chi connectivity index (χ3v) is 1.79. The van der Waals surface area contributed by atoms with Gasteiger partial charge in [0.2, 0.25) is 11.8 Å². The summed E-state index contributed by atoms with van der Waals surface area (Å²) in [6, 6.07) is 1.71. The first kappa shape index (κ1) is 11.7. The van der Waals surface area contributed by atoms with Crippen LogP contribution in [0.5, 0.6) is 5.88 Å². The molecule has 0 saturated carbocycles. The van der Waals surface area contributed by atoms with Gasteiger partial charge in [-0.25, -0.2) is 4.98 Å². The van der Waals surface area contributed by atoms with Crippen molar-refractivity contribution in [3.05, 3.63) is 12.3 Å². The molecule has 5 nitrogen and oxygen atoms in total. The summed E-state index contributed by atoms with van der Waals surface area (Å²) in [7, 11) is 1.58. The lowest BCUT2D eigenvalue weighted by molar-refractivity contribution is 0.147. The van der Waals surface area contributed by atoms with Gasteiger partial charge < -0.3 is 14.8 Å². The van der Waals surface area contributed by atoms with Crippen LogP contribution < -0.4 is 10.1 Å². The van der Waals surface area contributed by atoms with Gasteiger partial charge in [0.15, 0.2) is 0 Å². The molecule has 1 rings (SSSR count). The second-order valence-electron chi connectivity index (χ2n) is 2.90. The molecule has 15 heavy (non-hydrogen) atoms. The topological polar surface area (TPSA) is 56.3 Å². The zero-order chi connectivity index (χ0) is 10.9. The minimum absolute atomic E-state index is 0.567. The molecule has 1 aromatic rings. The third-order valence-electron chi connectivity index (χ3n) is 1.79. The second-order valence-corrected chi connectivity index (χ2v) is 2.90. The molecule has 5 heteroatoms. The van der Waals surface area contributed by atoms with Crippen molar-refractivity contribution in [2.75, 3.05) is 32.2 Å². The molecule has 0 radical (unpaired) electrons. The van der Waals surface area contributed by atoms with Crippen LogP contribution in [0.1, 0.15) is 13.3 Å². The Bertz CT molecular complexity index is 281. The Morgan fingerprint density at radius 3 is 3.07 bits per heavy atom. The van der Waals surface area contributed by atoms with E-state index in [0.29, 0.717) is 11.8 Å². The van der Waals surface area contributed by atoms with Crippen molar-refractivity contribution in [1.82, 2.24) is 9.97 Å². The Hall–Kier alpha value is -1.36. The summed E-state index contributed by atoms with van der Waals surface area (Å²) in [5.74, 6) is 1.16. The maximum Gasteiger partial charge on any atom is 0.225 e. The number of methoxy groups -OCH3 is 1. The number of ether oxygens (including phenoxy) is 2. The Kier molecular flexibility index (Phi) is 5.47. The number of nitrogens with zero attached hydrogens (tertiary/aromatic N) is 2. The lowest BCUT2D eigenvalue weighted by atomic mass is 10.4. The number of hydrogen-bond acceptors (Lipinski definition) is 5. The van der Waals surface area contributed by atoms with Crippen molar-refractivity contribution in [1.29, 1.82) is 0 Å². The van der Waals surface area contributed by atoms with Crippen molar-refractivity contribution in [3.8, 4) is 5.88 Å². The van der Waals surface area contributed by atoms with Crippen LogP contribution in [0.15, 0.2) is 12.3 Å². The number of aromatic nitrogens is 2. The van der Waals surface area contributed by atoms with Crippen molar-refractivity contribution in [2.45, 2.75) is 13.3 Å². The zero-order valence-corrected chi connectivity index (χ0v) is 9.19. The fraction of sp³-hybridized carbons (Fsp3) is 0.600. The first-order valence-electron chi connectivity index (χ1n) is 5.05. The van der Waals surface area contributed by atoms with Gasteiger partial charge in [0.1, 0.15) is 0 Å². The largest absolute Gasteiger partial charge is 0.481 e. The van der Waals surface area contributed by atoms with E-state index in [2.05, 4.69) is 15.3 Å². The monoisotopic (exact) mass is 211 g/mol. The number of nitrogens with one attached hydrogen (secondary N) is 1. The van der Waals surface area contributed by atoms with Gasteiger partial charge in [-0.2, -0.15) is 4.98 Å². The highest BCUT2D eigenvalue weighted by molar-refractivity contribution is 5.26. The maximum absolute atomic E-state index is 5.21. The number of anilines is 1. The van der Waals surface area contributed by atoms with E-state index in [-0.39, 0.29) is 0 Å². The number of hydrogen-bond donors (Lipinski definition) is 1. The van der Waals surface area contributed by atoms with Crippen LogP contribution in [-0.4, -0.2) is 36.8 Å². The van der Waals surface area contributed by atoms with Gasteiger partial charge in [0.05, 0.1) is 7.11 Å². The highest BCUT2D eigenvalue weighted by Gasteiger charge is 1.97. The summed E-state index contributed by atoms with van der Waals surface area (Å²) < 4.78 is 10.2. The van der Waals surface area contributed by atoms with Crippen LogP contribution in [0.4, 0.5) is 5.95 Å². The third kappa shape index (κ3) is 4.60. The minimum Gasteiger partial charge on any atom is -0.481 e. The molecule has 0 aromatic carbocycles. The van der Waals surface area contributed by atoms with E-state index in [9.17, 15) is 0 Å². The van der Waals surface area contributed by atoms with Crippen molar-refractivity contribution in [3.63, 3.8) is 0 Å². The van der Waals surface area contributed by atoms with Crippen LogP contribution in [0, 0.1) is 0 Å². The van der Waals surface area contributed by atoms with E-state index in [1.54, 1.807) is 19.4 Å². The predicted molar refractivity (Wildman–Crippen MR) is 58.2 cm³/mol. The maximum atomic E-state index is 5.21. The normalized spacial score (nSPS) is 10.0. The number of rotatable bonds is 7. The van der Waals surface area contributed by atoms with Crippen LogP contribution >= 0.6 is 0 Å². The molecule has 1 N–H and O–H groups in total. The van der Waals surface area contributed by atoms with Crippen LogP contribution in [0.3, 0.4) is 0 Å². The van der Waals surface area contributed by atoms with Gasteiger partial charge in [0.25, 0.3) is 0 Å². The Morgan fingerprint density at radius 2 is 2.33 bits per heavy atom. The summed E-state index contributed by atoms with van der Waals surface area (Å²) in [4.78, 5) is 8.19. The molecule has 0 unspecified atom stereocenters. The molecular weight excluding hydrogens is 194 g/mol. The van der Waals surface area contributed by atoms with Gasteiger partial charge in [-0.05, 0) is 13.3 Å². The van der Waals surface area contributed by atoms with E-state index in [4.69, 9.17) is 9.47 Å². The molecule has 0 bridgehead atoms. The minimum atomic E-state index is 0.567. The first-order valence-corrected chi connectivity index (χ1v) is 5.05. The molecule has 84 valence electrons. The Labute approximate surface area is 89.8 Å². The summed E-state index contributed by atoms with van der Waals surface area (Å²) in [6.45, 7) is 4.30. The van der Waals surface area contributed by atoms with Crippen LogP contribution in [-0.2, 0) is 4.74 Å². The highest BCUT2D eigenvalue weighted by atomic mass is 16.5. The average Bonchev–Trinajstić information content (AvgIpc) is 2.29. The summed E-state index contributed by atoms with van der Waals surface area (Å²) in [5.41, 5.74) is 0. The summed E-state index contributed by atoms with van der Waals surface area (Å²) >= 11 is 0. The smallest absolute Gasteiger partial charge is 0.225 e. The van der Waals surface area contributed by atoms with E-state index in [1.807, 2.05) is 6.92 Å². The zero-order valence-electron chi connectivity index (χ0n) is 9.19. The molecule has 0 aliphatic carbocycles. The molecule has 0 aliphatic heterocycles. The SMILES string of the molecule is CCOCCCNc1nccc(OC)n1. The van der Waals surface area contributed by atoms with E-state index in [0.717, 1.165) is 26.2 Å². The predicted octanol–water partition coefficient (Wildman–Crippen LogP) is 1.32. The highest BCUT2D eigenvalue weighted by Crippen LogP contribution is 2.06. The fourth-order valence-electron chi connectivity index (χ4n) is 1.06.